The standard InChI is InChI=1S/C15H12.C8H6.C7H7Br.CH4/c1-13-7-9-15(10-8-13)12-11-14-5-3-2-4-6-14;1-2-8-6-4-3-5-7-8;1-6-2-4-7(8)5-3-6;/h2-10H,1H3;1,3-7H;2-5H,1H3;1H4. The smallest absolute Gasteiger partial charge is 0.0249 e. The fraction of sp³-hybridized carbons (Fsp3) is 0.0968. The molecule has 0 N–H and O–H groups in total. The van der Waals surface area contributed by atoms with Crippen LogP contribution in [0.2, 0.25) is 0 Å². The minimum atomic E-state index is 0. The van der Waals surface area contributed by atoms with Gasteiger partial charge in [0.05, 0.1) is 0 Å². The molecule has 0 amide bonds. The third-order valence-corrected chi connectivity index (χ3v) is 4.66. The normalized spacial score (nSPS) is 8.56. The summed E-state index contributed by atoms with van der Waals surface area (Å²) >= 11 is 3.35. The lowest BCUT2D eigenvalue weighted by molar-refractivity contribution is 1.46. The lowest BCUT2D eigenvalue weighted by Gasteiger charge is -1.91. The predicted octanol–water partition coefficient (Wildman–Crippen LogP) is 8.46. The van der Waals surface area contributed by atoms with Crippen LogP contribution in [0.5, 0.6) is 0 Å². The first-order chi connectivity index (χ1) is 15.1. The van der Waals surface area contributed by atoms with Crippen molar-refractivity contribution in [2.75, 3.05) is 0 Å². The number of halogens is 1. The summed E-state index contributed by atoms with van der Waals surface area (Å²) in [5, 5.41) is 0. The molecule has 0 atom stereocenters. The number of hydrogen-bond donors (Lipinski definition) is 0. The van der Waals surface area contributed by atoms with Gasteiger partial charge in [-0.05, 0) is 62.4 Å². The molecule has 0 bridgehead atoms. The molecule has 0 fully saturated rings. The van der Waals surface area contributed by atoms with E-state index in [0.717, 1.165) is 21.2 Å². The van der Waals surface area contributed by atoms with Gasteiger partial charge in [-0.3, -0.25) is 0 Å². The van der Waals surface area contributed by atoms with Gasteiger partial charge in [-0.1, -0.05) is 113 Å². The van der Waals surface area contributed by atoms with E-state index in [1.54, 1.807) is 0 Å². The Morgan fingerprint density at radius 1 is 0.531 bits per heavy atom. The molecular weight excluding hydrogens is 452 g/mol. The number of aryl methyl sites for hydroxylation is 2. The van der Waals surface area contributed by atoms with Crippen LogP contribution in [0.25, 0.3) is 0 Å². The highest BCUT2D eigenvalue weighted by Gasteiger charge is 1.86. The average molecular weight is 481 g/mol. The van der Waals surface area contributed by atoms with Crippen LogP contribution in [-0.4, -0.2) is 0 Å². The van der Waals surface area contributed by atoms with Crippen molar-refractivity contribution in [1.82, 2.24) is 0 Å². The summed E-state index contributed by atoms with van der Waals surface area (Å²) in [6, 6.07) is 36.1. The molecule has 0 aliphatic rings. The first kappa shape index (κ1) is 26.5. The van der Waals surface area contributed by atoms with Crippen LogP contribution in [0.4, 0.5) is 0 Å². The molecule has 0 spiro atoms. The van der Waals surface area contributed by atoms with Crippen molar-refractivity contribution in [1.29, 1.82) is 0 Å². The van der Waals surface area contributed by atoms with Crippen molar-refractivity contribution in [3.05, 3.63) is 141 Å². The average Bonchev–Trinajstić information content (AvgIpc) is 2.83. The van der Waals surface area contributed by atoms with Gasteiger partial charge in [-0.25, -0.2) is 0 Å². The Labute approximate surface area is 202 Å². The molecule has 0 aromatic heterocycles. The minimum absolute atomic E-state index is 0. The molecule has 0 saturated heterocycles. The van der Waals surface area contributed by atoms with Crippen LogP contribution in [0.3, 0.4) is 0 Å². The molecule has 0 radical (unpaired) electrons. The maximum Gasteiger partial charge on any atom is 0.0249 e. The summed E-state index contributed by atoms with van der Waals surface area (Å²) in [6.07, 6.45) is 5.10. The van der Waals surface area contributed by atoms with E-state index >= 15 is 0 Å². The lowest BCUT2D eigenvalue weighted by Crippen LogP contribution is -1.76. The van der Waals surface area contributed by atoms with Crippen LogP contribution in [0.15, 0.2) is 114 Å². The zero-order valence-electron chi connectivity index (χ0n) is 17.8. The Morgan fingerprint density at radius 2 is 0.906 bits per heavy atom. The van der Waals surface area contributed by atoms with Crippen LogP contribution in [0, 0.1) is 38.0 Å². The van der Waals surface area contributed by atoms with Gasteiger partial charge >= 0.3 is 0 Å². The molecule has 160 valence electrons. The predicted molar refractivity (Wildman–Crippen MR) is 144 cm³/mol. The van der Waals surface area contributed by atoms with Gasteiger partial charge in [-0.2, -0.15) is 0 Å². The molecule has 0 nitrogen and oxygen atoms in total. The second-order valence-electron chi connectivity index (χ2n) is 6.79. The van der Waals surface area contributed by atoms with Gasteiger partial charge in [0.2, 0.25) is 0 Å². The first-order valence-corrected chi connectivity index (χ1v) is 10.7. The van der Waals surface area contributed by atoms with E-state index in [4.69, 9.17) is 6.42 Å². The van der Waals surface area contributed by atoms with Crippen LogP contribution in [-0.2, 0) is 0 Å². The molecule has 1 heteroatoms. The Hall–Kier alpha value is -3.52. The van der Waals surface area contributed by atoms with E-state index in [-0.39, 0.29) is 7.43 Å². The highest BCUT2D eigenvalue weighted by molar-refractivity contribution is 9.10. The Kier molecular flexibility index (Phi) is 12.7. The highest BCUT2D eigenvalue weighted by atomic mass is 79.9. The first-order valence-electron chi connectivity index (χ1n) is 9.94. The van der Waals surface area contributed by atoms with E-state index in [1.807, 2.05) is 84.9 Å². The van der Waals surface area contributed by atoms with Gasteiger partial charge < -0.3 is 0 Å². The van der Waals surface area contributed by atoms with E-state index in [9.17, 15) is 0 Å². The summed E-state index contributed by atoms with van der Waals surface area (Å²) in [5.41, 5.74) is 5.61. The fourth-order valence-electron chi connectivity index (χ4n) is 2.37. The summed E-state index contributed by atoms with van der Waals surface area (Å²) in [6.45, 7) is 4.15. The van der Waals surface area contributed by atoms with Crippen molar-refractivity contribution in [3.63, 3.8) is 0 Å². The maximum absolute atomic E-state index is 5.10. The van der Waals surface area contributed by atoms with Crippen molar-refractivity contribution in [3.8, 4) is 24.2 Å². The molecule has 32 heavy (non-hydrogen) atoms. The Balaban J connectivity index is 0.000000257. The van der Waals surface area contributed by atoms with Crippen molar-refractivity contribution in [2.24, 2.45) is 0 Å². The Morgan fingerprint density at radius 3 is 1.28 bits per heavy atom. The highest BCUT2D eigenvalue weighted by Crippen LogP contribution is 2.08. The molecular formula is C31H29Br. The topological polar surface area (TPSA) is 0 Å². The van der Waals surface area contributed by atoms with Crippen molar-refractivity contribution < 1.29 is 0 Å². The molecule has 0 unspecified atom stereocenters. The molecule has 0 aliphatic heterocycles. The van der Waals surface area contributed by atoms with Crippen LogP contribution >= 0.6 is 15.9 Å². The molecule has 0 heterocycles. The Bertz CT molecular complexity index is 1100. The summed E-state index contributed by atoms with van der Waals surface area (Å²) in [4.78, 5) is 0. The second-order valence-corrected chi connectivity index (χ2v) is 7.70. The lowest BCUT2D eigenvalue weighted by atomic mass is 10.1. The second kappa shape index (κ2) is 15.3. The maximum atomic E-state index is 5.10. The summed E-state index contributed by atoms with van der Waals surface area (Å²) < 4.78 is 1.14. The third-order valence-electron chi connectivity index (χ3n) is 4.13. The molecule has 4 aromatic rings. The van der Waals surface area contributed by atoms with Gasteiger partial charge in [0.1, 0.15) is 0 Å². The van der Waals surface area contributed by atoms with Crippen molar-refractivity contribution >= 4 is 15.9 Å². The SMILES string of the molecule is C.C#Cc1ccccc1.Cc1ccc(Br)cc1.Cc1ccc(C#Cc2ccccc2)cc1. The van der Waals surface area contributed by atoms with E-state index in [0.29, 0.717) is 0 Å². The van der Waals surface area contributed by atoms with Gasteiger partial charge in [0, 0.05) is 21.2 Å². The fourth-order valence-corrected chi connectivity index (χ4v) is 2.63. The van der Waals surface area contributed by atoms with Crippen molar-refractivity contribution in [2.45, 2.75) is 21.3 Å². The number of hydrogen-bond acceptors (Lipinski definition) is 0. The number of benzene rings is 4. The van der Waals surface area contributed by atoms with Gasteiger partial charge in [-0.15, -0.1) is 6.42 Å². The zero-order chi connectivity index (χ0) is 22.3. The van der Waals surface area contributed by atoms with Crippen LogP contribution < -0.4 is 0 Å². The quantitative estimate of drug-likeness (QED) is 0.221. The van der Waals surface area contributed by atoms with E-state index in [2.05, 4.69) is 71.8 Å². The number of terminal acetylenes is 1. The van der Waals surface area contributed by atoms with Crippen LogP contribution in [0.1, 0.15) is 35.2 Å². The molecule has 0 saturated carbocycles. The zero-order valence-corrected chi connectivity index (χ0v) is 19.4. The minimum Gasteiger partial charge on any atom is -0.115 e. The molecule has 4 aromatic carbocycles. The summed E-state index contributed by atoms with van der Waals surface area (Å²) in [5.74, 6) is 8.80. The molecule has 4 rings (SSSR count). The van der Waals surface area contributed by atoms with E-state index < -0.39 is 0 Å². The largest absolute Gasteiger partial charge is 0.115 e. The third kappa shape index (κ3) is 11.0. The van der Waals surface area contributed by atoms with Gasteiger partial charge in [0.15, 0.2) is 0 Å². The monoisotopic (exact) mass is 480 g/mol. The van der Waals surface area contributed by atoms with Gasteiger partial charge in [0.25, 0.3) is 0 Å². The number of rotatable bonds is 0. The summed E-state index contributed by atoms with van der Waals surface area (Å²) in [7, 11) is 0. The van der Waals surface area contributed by atoms with E-state index in [1.165, 1.54) is 11.1 Å². The molecule has 0 aliphatic carbocycles.